The van der Waals surface area contributed by atoms with Crippen molar-refractivity contribution in [3.63, 3.8) is 0 Å². The molecule has 0 saturated carbocycles. The van der Waals surface area contributed by atoms with Crippen LogP contribution in [0.25, 0.3) is 0 Å². The van der Waals surface area contributed by atoms with Crippen molar-refractivity contribution in [1.82, 2.24) is 14.5 Å². The first kappa shape index (κ1) is 14.1. The van der Waals surface area contributed by atoms with Crippen LogP contribution < -0.4 is 0 Å². The molecule has 0 aliphatic carbocycles. The molecule has 1 aliphatic heterocycles. The van der Waals surface area contributed by atoms with Gasteiger partial charge in [0, 0.05) is 37.9 Å². The van der Waals surface area contributed by atoms with Crippen LogP contribution in [0.4, 0.5) is 0 Å². The van der Waals surface area contributed by atoms with Crippen LogP contribution in [0, 0.1) is 0 Å². The minimum Gasteiger partial charge on any atom is -0.393 e. The molecule has 1 unspecified atom stereocenters. The summed E-state index contributed by atoms with van der Waals surface area (Å²) in [5, 5.41) is 9.47. The number of carbonyl (C=O) groups excluding carboxylic acids is 1. The summed E-state index contributed by atoms with van der Waals surface area (Å²) in [5.74, 6) is 0.194. The largest absolute Gasteiger partial charge is 0.393 e. The van der Waals surface area contributed by atoms with Gasteiger partial charge in [-0.25, -0.2) is 4.98 Å². The molecule has 1 aromatic rings. The molecule has 0 bridgehead atoms. The van der Waals surface area contributed by atoms with Crippen molar-refractivity contribution in [3.8, 4) is 0 Å². The van der Waals surface area contributed by atoms with Crippen LogP contribution in [0.5, 0.6) is 0 Å². The summed E-state index contributed by atoms with van der Waals surface area (Å²) < 4.78 is 2.03. The predicted molar refractivity (Wildman–Crippen MR) is 72.6 cm³/mol. The third kappa shape index (κ3) is 3.80. The van der Waals surface area contributed by atoms with E-state index in [2.05, 4.69) is 11.9 Å². The van der Waals surface area contributed by atoms with E-state index in [9.17, 15) is 9.90 Å². The monoisotopic (exact) mass is 265 g/mol. The number of amides is 1. The van der Waals surface area contributed by atoms with Gasteiger partial charge in [-0.3, -0.25) is 4.79 Å². The lowest BCUT2D eigenvalue weighted by atomic mass is 10.0. The maximum absolute atomic E-state index is 12.3. The highest BCUT2D eigenvalue weighted by atomic mass is 16.3. The molecule has 1 N–H and O–H groups in total. The molecule has 106 valence electrons. The lowest BCUT2D eigenvalue weighted by Gasteiger charge is -2.31. The van der Waals surface area contributed by atoms with Crippen LogP contribution in [0.1, 0.15) is 45.1 Å². The smallest absolute Gasteiger partial charge is 0.224 e. The molecule has 2 rings (SSSR count). The van der Waals surface area contributed by atoms with Gasteiger partial charge >= 0.3 is 0 Å². The quantitative estimate of drug-likeness (QED) is 0.879. The standard InChI is InChI=1S/C14H23N3O2/c1-2-3-12(17-9-6-15-11-17)10-14(19)16-7-4-13(18)5-8-16/h6,9,11-13,18H,2-5,7-8,10H2,1H3. The maximum atomic E-state index is 12.3. The number of nitrogens with zero attached hydrogens (tertiary/aromatic N) is 3. The van der Waals surface area contributed by atoms with Gasteiger partial charge in [-0.1, -0.05) is 13.3 Å². The fraction of sp³-hybridized carbons (Fsp3) is 0.714. The zero-order valence-electron chi connectivity index (χ0n) is 11.5. The summed E-state index contributed by atoms with van der Waals surface area (Å²) in [4.78, 5) is 18.2. The Hall–Kier alpha value is -1.36. The Bertz CT molecular complexity index is 383. The number of aromatic nitrogens is 2. The van der Waals surface area contributed by atoms with Gasteiger partial charge in [0.05, 0.1) is 12.4 Å². The first-order valence-corrected chi connectivity index (χ1v) is 7.14. The number of aliphatic hydroxyl groups is 1. The minimum atomic E-state index is -0.232. The van der Waals surface area contributed by atoms with Crippen LogP contribution >= 0.6 is 0 Å². The molecule has 5 heteroatoms. The third-order valence-electron chi connectivity index (χ3n) is 3.80. The highest BCUT2D eigenvalue weighted by molar-refractivity contribution is 5.76. The van der Waals surface area contributed by atoms with Crippen LogP contribution in [0.3, 0.4) is 0 Å². The molecule has 1 fully saturated rings. The zero-order valence-corrected chi connectivity index (χ0v) is 11.5. The van der Waals surface area contributed by atoms with Gasteiger partial charge in [-0.15, -0.1) is 0 Å². The molecule has 0 spiro atoms. The molecule has 1 aliphatic rings. The summed E-state index contributed by atoms with van der Waals surface area (Å²) >= 11 is 0. The predicted octanol–water partition coefficient (Wildman–Crippen LogP) is 1.60. The van der Waals surface area contributed by atoms with Gasteiger partial charge in [0.25, 0.3) is 0 Å². The van der Waals surface area contributed by atoms with E-state index in [-0.39, 0.29) is 18.1 Å². The van der Waals surface area contributed by atoms with Crippen LogP contribution in [0.15, 0.2) is 18.7 Å². The van der Waals surface area contributed by atoms with Crippen molar-refractivity contribution in [2.45, 2.75) is 51.2 Å². The highest BCUT2D eigenvalue weighted by Gasteiger charge is 2.23. The van der Waals surface area contributed by atoms with E-state index < -0.39 is 0 Å². The summed E-state index contributed by atoms with van der Waals surface area (Å²) in [5.41, 5.74) is 0. The third-order valence-corrected chi connectivity index (χ3v) is 3.80. The van der Waals surface area contributed by atoms with Gasteiger partial charge in [0.1, 0.15) is 0 Å². The van der Waals surface area contributed by atoms with Gasteiger partial charge in [-0.2, -0.15) is 0 Å². The number of likely N-dealkylation sites (tertiary alicyclic amines) is 1. The van der Waals surface area contributed by atoms with Gasteiger partial charge in [0.2, 0.25) is 5.91 Å². The molecular formula is C14H23N3O2. The average Bonchev–Trinajstić information content (AvgIpc) is 2.92. The van der Waals surface area contributed by atoms with E-state index in [4.69, 9.17) is 0 Å². The molecule has 1 atom stereocenters. The molecule has 1 amide bonds. The SMILES string of the molecule is CCCC(CC(=O)N1CCC(O)CC1)n1ccnc1. The Morgan fingerprint density at radius 1 is 1.47 bits per heavy atom. The summed E-state index contributed by atoms with van der Waals surface area (Å²) in [6.45, 7) is 3.50. The topological polar surface area (TPSA) is 58.4 Å². The summed E-state index contributed by atoms with van der Waals surface area (Å²) in [6, 6.07) is 0.201. The second kappa shape index (κ2) is 6.70. The normalized spacial score (nSPS) is 18.5. The fourth-order valence-electron chi connectivity index (χ4n) is 2.62. The molecule has 2 heterocycles. The molecular weight excluding hydrogens is 242 g/mol. The first-order valence-electron chi connectivity index (χ1n) is 7.14. The molecule has 1 saturated heterocycles. The zero-order chi connectivity index (χ0) is 13.7. The lowest BCUT2D eigenvalue weighted by molar-refractivity contribution is -0.134. The molecule has 0 radical (unpaired) electrons. The van der Waals surface area contributed by atoms with Crippen molar-refractivity contribution in [2.75, 3.05) is 13.1 Å². The second-order valence-corrected chi connectivity index (χ2v) is 5.27. The van der Waals surface area contributed by atoms with Gasteiger partial charge < -0.3 is 14.6 Å². The fourth-order valence-corrected chi connectivity index (χ4v) is 2.62. The van der Waals surface area contributed by atoms with E-state index in [1.807, 2.05) is 15.7 Å². The van der Waals surface area contributed by atoms with Crippen molar-refractivity contribution in [1.29, 1.82) is 0 Å². The van der Waals surface area contributed by atoms with Crippen LogP contribution in [-0.4, -0.2) is 44.7 Å². The Labute approximate surface area is 114 Å². The van der Waals surface area contributed by atoms with E-state index in [1.165, 1.54) is 0 Å². The van der Waals surface area contributed by atoms with Crippen molar-refractivity contribution < 1.29 is 9.90 Å². The number of piperidine rings is 1. The minimum absolute atomic E-state index is 0.194. The Morgan fingerprint density at radius 2 is 2.21 bits per heavy atom. The number of hydrogen-bond acceptors (Lipinski definition) is 3. The molecule has 1 aromatic heterocycles. The lowest BCUT2D eigenvalue weighted by Crippen LogP contribution is -2.40. The number of rotatable bonds is 5. The van der Waals surface area contributed by atoms with E-state index in [0.29, 0.717) is 32.4 Å². The highest BCUT2D eigenvalue weighted by Crippen LogP contribution is 2.20. The molecule has 19 heavy (non-hydrogen) atoms. The summed E-state index contributed by atoms with van der Waals surface area (Å²) in [6.07, 6.45) is 9.20. The molecule has 0 aromatic carbocycles. The second-order valence-electron chi connectivity index (χ2n) is 5.27. The van der Waals surface area contributed by atoms with Crippen molar-refractivity contribution in [2.24, 2.45) is 0 Å². The first-order chi connectivity index (χ1) is 9.20. The van der Waals surface area contributed by atoms with Gasteiger partial charge in [-0.05, 0) is 19.3 Å². The number of imidazole rings is 1. The van der Waals surface area contributed by atoms with E-state index in [1.54, 1.807) is 12.5 Å². The maximum Gasteiger partial charge on any atom is 0.224 e. The van der Waals surface area contributed by atoms with Crippen molar-refractivity contribution >= 4 is 5.91 Å². The number of aliphatic hydroxyl groups excluding tert-OH is 1. The average molecular weight is 265 g/mol. The Kier molecular flexibility index (Phi) is 4.96. The Morgan fingerprint density at radius 3 is 2.79 bits per heavy atom. The van der Waals surface area contributed by atoms with E-state index in [0.717, 1.165) is 12.8 Å². The van der Waals surface area contributed by atoms with E-state index >= 15 is 0 Å². The summed E-state index contributed by atoms with van der Waals surface area (Å²) in [7, 11) is 0. The molecule has 5 nitrogen and oxygen atoms in total. The Balaban J connectivity index is 1.92. The van der Waals surface area contributed by atoms with Gasteiger partial charge in [0.15, 0.2) is 0 Å². The number of carbonyl (C=O) groups is 1. The number of hydrogen-bond donors (Lipinski definition) is 1. The van der Waals surface area contributed by atoms with Crippen LogP contribution in [0.2, 0.25) is 0 Å². The van der Waals surface area contributed by atoms with Crippen LogP contribution in [-0.2, 0) is 4.79 Å². The van der Waals surface area contributed by atoms with Crippen molar-refractivity contribution in [3.05, 3.63) is 18.7 Å².